The van der Waals surface area contributed by atoms with Gasteiger partial charge in [-0.05, 0) is 49.9 Å². The van der Waals surface area contributed by atoms with E-state index in [1.165, 1.54) is 4.90 Å². The number of rotatable bonds is 8. The molecule has 4 rings (SSSR count). The van der Waals surface area contributed by atoms with Crippen LogP contribution in [0.1, 0.15) is 48.1 Å². The van der Waals surface area contributed by atoms with Crippen LogP contribution in [0, 0.1) is 6.92 Å². The van der Waals surface area contributed by atoms with Crippen LogP contribution in [-0.2, 0) is 26.0 Å². The third-order valence-corrected chi connectivity index (χ3v) is 7.35. The first-order chi connectivity index (χ1) is 17.5. The molecule has 0 saturated carbocycles. The van der Waals surface area contributed by atoms with Crippen molar-refractivity contribution in [1.82, 2.24) is 15.5 Å². The number of hydrogen-bond acceptors (Lipinski definition) is 5. The highest BCUT2D eigenvalue weighted by Crippen LogP contribution is 2.39. The Kier molecular flexibility index (Phi) is 7.64. The van der Waals surface area contributed by atoms with E-state index in [1.54, 1.807) is 27.0 Å². The maximum Gasteiger partial charge on any atom is 0.416 e. The third-order valence-electron chi connectivity index (χ3n) is 7.35. The quantitative estimate of drug-likeness (QED) is 0.509. The fourth-order valence-electron chi connectivity index (χ4n) is 5.27. The van der Waals surface area contributed by atoms with E-state index in [1.807, 2.05) is 30.3 Å². The number of piperidine rings is 1. The van der Waals surface area contributed by atoms with E-state index in [-0.39, 0.29) is 25.7 Å². The van der Waals surface area contributed by atoms with Crippen LogP contribution in [0.3, 0.4) is 0 Å². The summed E-state index contributed by atoms with van der Waals surface area (Å²) in [5.41, 5.74) is -0.148. The molecule has 0 aliphatic carbocycles. The molecule has 3 amide bonds. The molecule has 7 nitrogen and oxygen atoms in total. The molecule has 2 fully saturated rings. The third kappa shape index (κ3) is 5.66. The molecule has 2 aromatic carbocycles. The molecular weight excluding hydrogens is 487 g/mol. The van der Waals surface area contributed by atoms with Crippen molar-refractivity contribution >= 4 is 11.9 Å². The number of methoxy groups -OCH3 is 1. The van der Waals surface area contributed by atoms with E-state index in [4.69, 9.17) is 9.47 Å². The number of carbonyl (C=O) groups is 2. The highest BCUT2D eigenvalue weighted by atomic mass is 19.4. The van der Waals surface area contributed by atoms with Crippen molar-refractivity contribution in [2.24, 2.45) is 0 Å². The maximum atomic E-state index is 13.4. The van der Waals surface area contributed by atoms with Gasteiger partial charge in [0.05, 0.1) is 36.0 Å². The largest absolute Gasteiger partial charge is 0.416 e. The average Bonchev–Trinajstić information content (AvgIpc) is 3.21. The van der Waals surface area contributed by atoms with E-state index in [0.717, 1.165) is 17.7 Å². The van der Waals surface area contributed by atoms with Gasteiger partial charge >= 0.3 is 12.2 Å². The molecule has 0 spiro atoms. The monoisotopic (exact) mass is 519 g/mol. The summed E-state index contributed by atoms with van der Waals surface area (Å²) in [4.78, 5) is 25.9. The number of halogens is 3. The van der Waals surface area contributed by atoms with Gasteiger partial charge in [-0.15, -0.1) is 0 Å². The second-order valence-corrected chi connectivity index (χ2v) is 9.98. The summed E-state index contributed by atoms with van der Waals surface area (Å²) < 4.78 is 51.8. The fourth-order valence-corrected chi connectivity index (χ4v) is 5.27. The lowest BCUT2D eigenvalue weighted by Gasteiger charge is -2.50. The summed E-state index contributed by atoms with van der Waals surface area (Å²) in [5, 5.41) is 5.91. The number of alkyl halides is 3. The van der Waals surface area contributed by atoms with Crippen LogP contribution in [0.5, 0.6) is 0 Å². The van der Waals surface area contributed by atoms with E-state index in [9.17, 15) is 22.8 Å². The molecule has 37 heavy (non-hydrogen) atoms. The highest BCUT2D eigenvalue weighted by Gasteiger charge is 2.50. The normalized spacial score (nSPS) is 25.3. The van der Waals surface area contributed by atoms with Crippen molar-refractivity contribution < 1.29 is 32.2 Å². The van der Waals surface area contributed by atoms with E-state index < -0.39 is 35.0 Å². The van der Waals surface area contributed by atoms with Crippen molar-refractivity contribution in [2.75, 3.05) is 33.4 Å². The first-order valence-electron chi connectivity index (χ1n) is 12.2. The summed E-state index contributed by atoms with van der Waals surface area (Å²) >= 11 is 0. The number of amides is 3. The van der Waals surface area contributed by atoms with Crippen molar-refractivity contribution in [3.05, 3.63) is 70.8 Å². The summed E-state index contributed by atoms with van der Waals surface area (Å²) in [5.74, 6) is -0.353. The topological polar surface area (TPSA) is 79.9 Å². The van der Waals surface area contributed by atoms with Gasteiger partial charge in [0.2, 0.25) is 5.91 Å². The van der Waals surface area contributed by atoms with Gasteiger partial charge in [-0.3, -0.25) is 10.1 Å². The van der Waals surface area contributed by atoms with Gasteiger partial charge in [-0.25, -0.2) is 4.79 Å². The molecule has 0 radical (unpaired) electrons. The molecule has 2 N–H and O–H groups in total. The summed E-state index contributed by atoms with van der Waals surface area (Å²) in [6.07, 6.45) is -3.95. The summed E-state index contributed by atoms with van der Waals surface area (Å²) in [6.45, 7) is 4.12. The van der Waals surface area contributed by atoms with Crippen molar-refractivity contribution in [3.63, 3.8) is 0 Å². The molecule has 2 aliphatic rings. The molecule has 0 aromatic heterocycles. The zero-order valence-electron chi connectivity index (χ0n) is 21.2. The van der Waals surface area contributed by atoms with Crippen LogP contribution in [0.15, 0.2) is 48.5 Å². The van der Waals surface area contributed by atoms with Crippen molar-refractivity contribution in [2.45, 2.75) is 50.0 Å². The summed E-state index contributed by atoms with van der Waals surface area (Å²) in [6, 6.07) is 13.2. The lowest BCUT2D eigenvalue weighted by molar-refractivity contribution is -0.137. The molecule has 10 heteroatoms. The zero-order valence-corrected chi connectivity index (χ0v) is 21.2. The predicted molar refractivity (Wildman–Crippen MR) is 131 cm³/mol. The van der Waals surface area contributed by atoms with Gasteiger partial charge in [0, 0.05) is 13.7 Å². The zero-order chi connectivity index (χ0) is 26.8. The Morgan fingerprint density at radius 2 is 1.81 bits per heavy atom. The number of hydrogen-bond donors (Lipinski definition) is 2. The van der Waals surface area contributed by atoms with E-state index in [2.05, 4.69) is 10.6 Å². The molecular formula is C27H32F3N3O4. The number of urea groups is 1. The first-order valence-corrected chi connectivity index (χ1v) is 12.2. The van der Waals surface area contributed by atoms with Crippen LogP contribution < -0.4 is 10.6 Å². The minimum Gasteiger partial charge on any atom is -0.382 e. The van der Waals surface area contributed by atoms with Gasteiger partial charge in [-0.1, -0.05) is 42.0 Å². The minimum atomic E-state index is -4.44. The second kappa shape index (κ2) is 10.4. The van der Waals surface area contributed by atoms with Gasteiger partial charge < -0.3 is 19.7 Å². The van der Waals surface area contributed by atoms with Gasteiger partial charge in [-0.2, -0.15) is 13.2 Å². The van der Waals surface area contributed by atoms with Crippen molar-refractivity contribution in [3.8, 4) is 0 Å². The lowest BCUT2D eigenvalue weighted by atomic mass is 9.76. The number of ether oxygens (including phenoxy) is 2. The van der Waals surface area contributed by atoms with Crippen LogP contribution in [0.2, 0.25) is 0 Å². The number of imide groups is 1. The molecule has 2 aromatic rings. The fraction of sp³-hybridized carbons (Fsp3) is 0.481. The van der Waals surface area contributed by atoms with Crippen molar-refractivity contribution in [1.29, 1.82) is 0 Å². The number of aryl methyl sites for hydroxylation is 1. The minimum absolute atomic E-state index is 0.0371. The van der Waals surface area contributed by atoms with E-state index >= 15 is 0 Å². The molecule has 2 heterocycles. The van der Waals surface area contributed by atoms with Crippen LogP contribution in [0.25, 0.3) is 0 Å². The lowest BCUT2D eigenvalue weighted by Crippen LogP contribution is -2.66. The number of carbonyl (C=O) groups excluding carboxylic acids is 2. The van der Waals surface area contributed by atoms with Gasteiger partial charge in [0.25, 0.3) is 0 Å². The standard InChI is InChI=1S/C27H32F3N3O4/c1-18-11-20(13-22(12-18)27(28,29)30)19(2)37-17-26(21-7-5-4-6-8-21)10-9-25(15-31-26,16-36-3)33-14-23(34)32-24(33)35/h4-8,11-13,19,31H,9-10,14-17H2,1-3H3,(H,32,34,35)/t19-,25+,26-/m1/s1. The first kappa shape index (κ1) is 27.1. The Balaban J connectivity index is 1.57. The molecule has 200 valence electrons. The SMILES string of the molecule is COC[C@]1(N2CC(=O)NC2=O)CC[C@@](CO[C@H](C)c2cc(C)cc(C(F)(F)F)c2)(c2ccccc2)NC1. The average molecular weight is 520 g/mol. The van der Waals surface area contributed by atoms with Crippen LogP contribution >= 0.6 is 0 Å². The molecule has 3 atom stereocenters. The molecule has 0 bridgehead atoms. The van der Waals surface area contributed by atoms with Gasteiger partial charge in [0.15, 0.2) is 0 Å². The number of nitrogens with one attached hydrogen (secondary N) is 2. The summed E-state index contributed by atoms with van der Waals surface area (Å²) in [7, 11) is 1.55. The molecule has 2 saturated heterocycles. The Labute approximate surface area is 214 Å². The molecule has 2 aliphatic heterocycles. The van der Waals surface area contributed by atoms with Gasteiger partial charge in [0.1, 0.15) is 6.54 Å². The predicted octanol–water partition coefficient (Wildman–Crippen LogP) is 4.31. The number of benzene rings is 2. The maximum absolute atomic E-state index is 13.4. The Bertz CT molecular complexity index is 1130. The Morgan fingerprint density at radius 1 is 1.08 bits per heavy atom. The van der Waals surface area contributed by atoms with Crippen LogP contribution in [-0.4, -0.2) is 55.8 Å². The van der Waals surface area contributed by atoms with Crippen LogP contribution in [0.4, 0.5) is 18.0 Å². The Hall–Kier alpha value is -2.95. The number of nitrogens with zero attached hydrogens (tertiary/aromatic N) is 1. The second-order valence-electron chi connectivity index (χ2n) is 9.98. The molecule has 0 unspecified atom stereocenters. The smallest absolute Gasteiger partial charge is 0.382 e. The van der Waals surface area contributed by atoms with E-state index in [0.29, 0.717) is 30.5 Å². The Morgan fingerprint density at radius 3 is 2.38 bits per heavy atom. The highest BCUT2D eigenvalue weighted by molar-refractivity contribution is 6.02.